The van der Waals surface area contributed by atoms with Gasteiger partial charge in [0.05, 0.1) is 12.9 Å². The van der Waals surface area contributed by atoms with Crippen LogP contribution in [0, 0.1) is 0 Å². The van der Waals surface area contributed by atoms with Crippen molar-refractivity contribution in [3.63, 3.8) is 0 Å². The Morgan fingerprint density at radius 2 is 1.95 bits per heavy atom. The first-order chi connectivity index (χ1) is 9.47. The van der Waals surface area contributed by atoms with Gasteiger partial charge < -0.3 is 10.5 Å². The summed E-state index contributed by atoms with van der Waals surface area (Å²) in [6.45, 7) is 2.74. The number of sulfonamides is 1. The molecule has 1 heterocycles. The molecule has 112 valence electrons. The van der Waals surface area contributed by atoms with E-state index in [2.05, 4.69) is 0 Å². The topological polar surface area (TPSA) is 72.6 Å². The Morgan fingerprint density at radius 3 is 2.50 bits per heavy atom. The van der Waals surface area contributed by atoms with Crippen molar-refractivity contribution >= 4 is 10.0 Å². The van der Waals surface area contributed by atoms with E-state index in [1.165, 1.54) is 4.31 Å². The standard InChI is InChI=1S/C14H22N2O3S/c1-3-8-20(17,18)16-9-13(14(15)10-16)11-4-6-12(19-2)7-5-11/h4-7,13-14H,3,8-10,15H2,1-2H3/t13-,14+/m1/s1. The number of nitrogens with zero attached hydrogens (tertiary/aromatic N) is 1. The zero-order valence-electron chi connectivity index (χ0n) is 12.0. The van der Waals surface area contributed by atoms with Crippen LogP contribution in [0.5, 0.6) is 5.75 Å². The van der Waals surface area contributed by atoms with Crippen molar-refractivity contribution in [3.05, 3.63) is 29.8 Å². The Morgan fingerprint density at radius 1 is 1.30 bits per heavy atom. The van der Waals surface area contributed by atoms with E-state index in [0.717, 1.165) is 11.3 Å². The first kappa shape index (κ1) is 15.3. The molecule has 0 unspecified atom stereocenters. The summed E-state index contributed by atoms with van der Waals surface area (Å²) >= 11 is 0. The average Bonchev–Trinajstić information content (AvgIpc) is 2.82. The molecule has 6 heteroatoms. The maximum absolute atomic E-state index is 12.1. The molecule has 0 bridgehead atoms. The summed E-state index contributed by atoms with van der Waals surface area (Å²) in [7, 11) is -1.55. The van der Waals surface area contributed by atoms with E-state index in [4.69, 9.17) is 10.5 Å². The monoisotopic (exact) mass is 298 g/mol. The second kappa shape index (κ2) is 6.11. The number of ether oxygens (including phenoxy) is 1. The fraction of sp³-hybridized carbons (Fsp3) is 0.571. The molecule has 2 rings (SSSR count). The third-order valence-corrected chi connectivity index (χ3v) is 5.74. The van der Waals surface area contributed by atoms with E-state index >= 15 is 0 Å². The molecule has 0 aliphatic carbocycles. The van der Waals surface area contributed by atoms with E-state index < -0.39 is 10.0 Å². The molecule has 2 atom stereocenters. The predicted molar refractivity (Wildman–Crippen MR) is 79.4 cm³/mol. The molecule has 0 saturated carbocycles. The second-order valence-corrected chi connectivity index (χ2v) is 7.26. The molecule has 0 radical (unpaired) electrons. The number of hydrogen-bond acceptors (Lipinski definition) is 4. The van der Waals surface area contributed by atoms with Crippen molar-refractivity contribution in [2.75, 3.05) is 26.0 Å². The normalized spacial score (nSPS) is 23.9. The minimum absolute atomic E-state index is 0.0486. The lowest BCUT2D eigenvalue weighted by Gasteiger charge is -2.16. The summed E-state index contributed by atoms with van der Waals surface area (Å²) in [5.74, 6) is 1.03. The number of nitrogens with two attached hydrogens (primary N) is 1. The summed E-state index contributed by atoms with van der Waals surface area (Å²) in [4.78, 5) is 0. The lowest BCUT2D eigenvalue weighted by molar-refractivity contribution is 0.414. The second-order valence-electron chi connectivity index (χ2n) is 5.18. The van der Waals surface area contributed by atoms with Crippen LogP contribution < -0.4 is 10.5 Å². The van der Waals surface area contributed by atoms with Gasteiger partial charge in [0.1, 0.15) is 5.75 Å². The summed E-state index contributed by atoms with van der Waals surface area (Å²) < 4.78 is 30.9. The fourth-order valence-electron chi connectivity index (χ4n) is 2.61. The van der Waals surface area contributed by atoms with E-state index in [1.54, 1.807) is 7.11 Å². The van der Waals surface area contributed by atoms with Gasteiger partial charge in [-0.1, -0.05) is 19.1 Å². The molecule has 0 aromatic heterocycles. The maximum Gasteiger partial charge on any atom is 0.214 e. The Kier molecular flexibility index (Phi) is 4.67. The van der Waals surface area contributed by atoms with Crippen LogP contribution in [0.15, 0.2) is 24.3 Å². The highest BCUT2D eigenvalue weighted by Gasteiger charge is 2.36. The van der Waals surface area contributed by atoms with Gasteiger partial charge >= 0.3 is 0 Å². The summed E-state index contributed by atoms with van der Waals surface area (Å²) in [6, 6.07) is 7.52. The van der Waals surface area contributed by atoms with Crippen LogP contribution in [-0.2, 0) is 10.0 Å². The van der Waals surface area contributed by atoms with Gasteiger partial charge in [0.25, 0.3) is 0 Å². The van der Waals surface area contributed by atoms with Crippen LogP contribution in [-0.4, -0.2) is 44.7 Å². The van der Waals surface area contributed by atoms with Gasteiger partial charge in [-0.2, -0.15) is 4.31 Å². The van der Waals surface area contributed by atoms with E-state index in [0.29, 0.717) is 19.5 Å². The molecule has 0 amide bonds. The predicted octanol–water partition coefficient (Wildman–Crippen LogP) is 1.16. The molecule has 20 heavy (non-hydrogen) atoms. The van der Waals surface area contributed by atoms with Gasteiger partial charge in [-0.3, -0.25) is 0 Å². The number of hydrogen-bond donors (Lipinski definition) is 1. The molecular formula is C14H22N2O3S. The third-order valence-electron chi connectivity index (χ3n) is 3.73. The highest BCUT2D eigenvalue weighted by atomic mass is 32.2. The van der Waals surface area contributed by atoms with Crippen LogP contribution in [0.4, 0.5) is 0 Å². The minimum atomic E-state index is -3.17. The van der Waals surface area contributed by atoms with Crippen LogP contribution in [0.25, 0.3) is 0 Å². The van der Waals surface area contributed by atoms with Crippen molar-refractivity contribution < 1.29 is 13.2 Å². The SMILES string of the molecule is CCCS(=O)(=O)N1C[C@H](c2ccc(OC)cc2)[C@@H](N)C1. The van der Waals surface area contributed by atoms with E-state index in [1.807, 2.05) is 31.2 Å². The molecule has 1 aliphatic rings. The third kappa shape index (κ3) is 3.13. The van der Waals surface area contributed by atoms with Crippen LogP contribution in [0.2, 0.25) is 0 Å². The van der Waals surface area contributed by atoms with Crippen LogP contribution in [0.1, 0.15) is 24.8 Å². The Balaban J connectivity index is 2.14. The minimum Gasteiger partial charge on any atom is -0.497 e. The molecule has 5 nitrogen and oxygen atoms in total. The summed E-state index contributed by atoms with van der Waals surface area (Å²) in [5.41, 5.74) is 7.19. The molecule has 1 saturated heterocycles. The van der Waals surface area contributed by atoms with Crippen molar-refractivity contribution in [2.45, 2.75) is 25.3 Å². The number of benzene rings is 1. The first-order valence-corrected chi connectivity index (χ1v) is 8.46. The Labute approximate surface area is 120 Å². The van der Waals surface area contributed by atoms with Crippen LogP contribution >= 0.6 is 0 Å². The largest absolute Gasteiger partial charge is 0.497 e. The summed E-state index contributed by atoms with van der Waals surface area (Å²) in [6.07, 6.45) is 0.626. The number of rotatable bonds is 5. The van der Waals surface area contributed by atoms with Crippen molar-refractivity contribution in [2.24, 2.45) is 5.73 Å². The van der Waals surface area contributed by atoms with Crippen molar-refractivity contribution in [3.8, 4) is 5.75 Å². The van der Waals surface area contributed by atoms with E-state index in [9.17, 15) is 8.42 Å². The molecule has 0 spiro atoms. The quantitative estimate of drug-likeness (QED) is 0.885. The van der Waals surface area contributed by atoms with Gasteiger partial charge in [0, 0.05) is 25.0 Å². The van der Waals surface area contributed by atoms with E-state index in [-0.39, 0.29) is 17.7 Å². The molecule has 2 N–H and O–H groups in total. The van der Waals surface area contributed by atoms with Gasteiger partial charge in [0.15, 0.2) is 0 Å². The lowest BCUT2D eigenvalue weighted by Crippen LogP contribution is -2.33. The van der Waals surface area contributed by atoms with Crippen molar-refractivity contribution in [1.82, 2.24) is 4.31 Å². The molecular weight excluding hydrogens is 276 g/mol. The Hall–Kier alpha value is -1.11. The average molecular weight is 298 g/mol. The smallest absolute Gasteiger partial charge is 0.214 e. The Bertz CT molecular complexity index is 542. The molecule has 1 fully saturated rings. The maximum atomic E-state index is 12.1. The summed E-state index contributed by atoms with van der Waals surface area (Å²) in [5, 5.41) is 0. The highest BCUT2D eigenvalue weighted by Crippen LogP contribution is 2.29. The number of methoxy groups -OCH3 is 1. The molecule has 1 aromatic rings. The molecule has 1 aliphatic heterocycles. The lowest BCUT2D eigenvalue weighted by atomic mass is 9.95. The van der Waals surface area contributed by atoms with Gasteiger partial charge in [-0.25, -0.2) is 8.42 Å². The van der Waals surface area contributed by atoms with Gasteiger partial charge in [-0.15, -0.1) is 0 Å². The first-order valence-electron chi connectivity index (χ1n) is 6.85. The molecule has 1 aromatic carbocycles. The van der Waals surface area contributed by atoms with Crippen LogP contribution in [0.3, 0.4) is 0 Å². The van der Waals surface area contributed by atoms with Gasteiger partial charge in [-0.05, 0) is 24.1 Å². The fourth-order valence-corrected chi connectivity index (χ4v) is 4.17. The zero-order valence-corrected chi connectivity index (χ0v) is 12.8. The van der Waals surface area contributed by atoms with Crippen molar-refractivity contribution in [1.29, 1.82) is 0 Å². The zero-order chi connectivity index (χ0) is 14.8. The highest BCUT2D eigenvalue weighted by molar-refractivity contribution is 7.89. The van der Waals surface area contributed by atoms with Gasteiger partial charge in [0.2, 0.25) is 10.0 Å².